The van der Waals surface area contributed by atoms with E-state index in [0.29, 0.717) is 23.3 Å². The molecule has 6 nitrogen and oxygen atoms in total. The number of para-hydroxylation sites is 1. The van der Waals surface area contributed by atoms with Crippen LogP contribution in [0.5, 0.6) is 0 Å². The number of hydrogen-bond acceptors (Lipinski definition) is 5. The van der Waals surface area contributed by atoms with Crippen LogP contribution in [0.2, 0.25) is 0 Å². The molecule has 7 heteroatoms. The van der Waals surface area contributed by atoms with Crippen molar-refractivity contribution in [3.63, 3.8) is 0 Å². The third-order valence-corrected chi connectivity index (χ3v) is 6.34. The van der Waals surface area contributed by atoms with E-state index in [0.717, 1.165) is 30.8 Å². The Labute approximate surface area is 193 Å². The highest BCUT2D eigenvalue weighted by molar-refractivity contribution is 6.16. The molecule has 0 spiro atoms. The summed E-state index contributed by atoms with van der Waals surface area (Å²) >= 11 is 6.58. The molecule has 0 unspecified atom stereocenters. The molecule has 2 atom stereocenters. The van der Waals surface area contributed by atoms with Gasteiger partial charge in [0.05, 0.1) is 23.0 Å². The number of aliphatic imine (C=N–C) groups is 1. The Hall–Kier alpha value is -2.70. The van der Waals surface area contributed by atoms with Gasteiger partial charge in [-0.1, -0.05) is 55.8 Å². The first kappa shape index (κ1) is 22.5. The first-order valence-electron chi connectivity index (χ1n) is 11.2. The Morgan fingerprint density at radius 1 is 1.16 bits per heavy atom. The second-order valence-electron chi connectivity index (χ2n) is 8.82. The van der Waals surface area contributed by atoms with E-state index >= 15 is 0 Å². The van der Waals surface area contributed by atoms with Crippen LogP contribution in [0, 0.1) is 12.8 Å². The molecule has 0 bridgehead atoms. The second kappa shape index (κ2) is 9.43. The van der Waals surface area contributed by atoms with Crippen LogP contribution in [0.3, 0.4) is 0 Å². The molecule has 0 aliphatic carbocycles. The summed E-state index contributed by atoms with van der Waals surface area (Å²) in [6.45, 7) is 7.72. The number of aromatic nitrogens is 2. The number of hydrogen-bond donors (Lipinski definition) is 1. The summed E-state index contributed by atoms with van der Waals surface area (Å²) in [6.07, 6.45) is 1.84. The van der Waals surface area contributed by atoms with Gasteiger partial charge in [0.25, 0.3) is 5.56 Å². The van der Waals surface area contributed by atoms with Crippen molar-refractivity contribution in [2.75, 3.05) is 13.1 Å². The lowest BCUT2D eigenvalue weighted by Gasteiger charge is -2.34. The van der Waals surface area contributed by atoms with Crippen LogP contribution in [0.25, 0.3) is 10.9 Å². The van der Waals surface area contributed by atoms with Gasteiger partial charge in [-0.3, -0.25) is 9.79 Å². The van der Waals surface area contributed by atoms with Crippen LogP contribution in [-0.2, 0) is 0 Å². The van der Waals surface area contributed by atoms with Crippen molar-refractivity contribution in [1.82, 2.24) is 14.0 Å². The Morgan fingerprint density at radius 2 is 1.88 bits per heavy atom. The van der Waals surface area contributed by atoms with E-state index in [2.05, 4.69) is 49.9 Å². The highest BCUT2D eigenvalue weighted by atomic mass is 35.5. The summed E-state index contributed by atoms with van der Waals surface area (Å²) in [6, 6.07) is 15.7. The molecule has 168 valence electrons. The number of rotatable bonds is 7. The third kappa shape index (κ3) is 4.30. The first-order chi connectivity index (χ1) is 15.4. The Bertz CT molecular complexity index is 1190. The predicted molar refractivity (Wildman–Crippen MR) is 131 cm³/mol. The van der Waals surface area contributed by atoms with Crippen LogP contribution in [-0.4, -0.2) is 38.9 Å². The van der Waals surface area contributed by atoms with Gasteiger partial charge in [-0.15, -0.1) is 0 Å². The highest BCUT2D eigenvalue weighted by Crippen LogP contribution is 2.34. The van der Waals surface area contributed by atoms with Crippen LogP contribution in [0.1, 0.15) is 49.7 Å². The van der Waals surface area contributed by atoms with Gasteiger partial charge in [-0.05, 0) is 44.4 Å². The summed E-state index contributed by atoms with van der Waals surface area (Å²) in [5, 5.41) is 0.517. The Morgan fingerprint density at radius 3 is 2.56 bits per heavy atom. The molecule has 4 rings (SSSR count). The monoisotopic (exact) mass is 451 g/mol. The number of fused-ring (bicyclic) bond motifs is 1. The lowest BCUT2D eigenvalue weighted by atomic mass is 9.99. The van der Waals surface area contributed by atoms with Crippen molar-refractivity contribution in [3.05, 3.63) is 75.8 Å². The van der Waals surface area contributed by atoms with Gasteiger partial charge >= 0.3 is 0 Å². The molecule has 2 aromatic carbocycles. The normalized spacial score (nSPS) is 17.2. The molecule has 0 amide bonds. The maximum Gasteiger partial charge on any atom is 0.276 e. The fraction of sp³-hybridized carbons (Fsp3) is 0.400. The maximum absolute atomic E-state index is 13.0. The van der Waals surface area contributed by atoms with Crippen molar-refractivity contribution in [2.45, 2.75) is 45.7 Å². The Kier molecular flexibility index (Phi) is 6.63. The van der Waals surface area contributed by atoms with Crippen molar-refractivity contribution >= 4 is 28.5 Å². The zero-order valence-corrected chi connectivity index (χ0v) is 19.6. The fourth-order valence-corrected chi connectivity index (χ4v) is 4.64. The number of halogens is 1. The van der Waals surface area contributed by atoms with Gasteiger partial charge < -0.3 is 10.6 Å². The lowest BCUT2D eigenvalue weighted by molar-refractivity contribution is 0.243. The second-order valence-corrected chi connectivity index (χ2v) is 9.16. The van der Waals surface area contributed by atoms with E-state index in [1.807, 2.05) is 18.2 Å². The van der Waals surface area contributed by atoms with E-state index in [9.17, 15) is 4.79 Å². The molecule has 0 saturated heterocycles. The molecular formula is C25H30ClN5O. The number of aryl methyl sites for hydroxylation is 1. The predicted octanol–water partition coefficient (Wildman–Crippen LogP) is 4.27. The van der Waals surface area contributed by atoms with E-state index in [-0.39, 0.29) is 23.6 Å². The van der Waals surface area contributed by atoms with Gasteiger partial charge in [0.1, 0.15) is 5.84 Å². The Balaban J connectivity index is 1.82. The lowest BCUT2D eigenvalue weighted by Crippen LogP contribution is -2.39. The van der Waals surface area contributed by atoms with Crippen LogP contribution >= 0.6 is 11.8 Å². The minimum absolute atomic E-state index is 0.145. The summed E-state index contributed by atoms with van der Waals surface area (Å²) in [7, 11) is 0. The van der Waals surface area contributed by atoms with E-state index < -0.39 is 0 Å². The van der Waals surface area contributed by atoms with Gasteiger partial charge in [-0.25, -0.2) is 9.07 Å². The highest BCUT2D eigenvalue weighted by Gasteiger charge is 2.36. The van der Waals surface area contributed by atoms with E-state index in [4.69, 9.17) is 27.5 Å². The van der Waals surface area contributed by atoms with E-state index in [1.165, 1.54) is 9.65 Å². The average Bonchev–Trinajstić information content (AvgIpc) is 3.19. The number of benzene rings is 2. The van der Waals surface area contributed by atoms with Crippen molar-refractivity contribution in [2.24, 2.45) is 16.6 Å². The minimum atomic E-state index is -0.245. The summed E-state index contributed by atoms with van der Waals surface area (Å²) < 4.78 is 1.19. The molecule has 1 aromatic heterocycles. The van der Waals surface area contributed by atoms with E-state index in [1.54, 1.807) is 6.07 Å². The molecule has 3 aromatic rings. The summed E-state index contributed by atoms with van der Waals surface area (Å²) in [4.78, 5) is 25.2. The number of nitrogens with two attached hydrogens (primary N) is 1. The molecule has 1 aliphatic heterocycles. The van der Waals surface area contributed by atoms with Gasteiger partial charge in [0, 0.05) is 23.9 Å². The van der Waals surface area contributed by atoms with Gasteiger partial charge in [0.15, 0.2) is 5.82 Å². The topological polar surface area (TPSA) is 76.5 Å². The van der Waals surface area contributed by atoms with Crippen molar-refractivity contribution in [1.29, 1.82) is 0 Å². The average molecular weight is 452 g/mol. The molecule has 2 N–H and O–H groups in total. The first-order valence-corrected chi connectivity index (χ1v) is 11.5. The molecule has 0 radical (unpaired) electrons. The molecule has 0 fully saturated rings. The van der Waals surface area contributed by atoms with Crippen molar-refractivity contribution in [3.8, 4) is 0 Å². The molecule has 0 saturated carbocycles. The largest absolute Gasteiger partial charge is 0.344 e. The molecule has 2 heterocycles. The third-order valence-electron chi connectivity index (χ3n) is 6.02. The smallest absolute Gasteiger partial charge is 0.276 e. The maximum atomic E-state index is 13.0. The zero-order valence-electron chi connectivity index (χ0n) is 18.8. The molecule has 32 heavy (non-hydrogen) atoms. The van der Waals surface area contributed by atoms with Crippen LogP contribution < -0.4 is 11.3 Å². The van der Waals surface area contributed by atoms with Crippen molar-refractivity contribution < 1.29 is 0 Å². The quantitative estimate of drug-likeness (QED) is 0.581. The SMILES string of the molecule is Cc1ccc(C2=N[C@@H](CCCN)CN2[C@@H](c2nc3ccccc3c(=O)n2Cl)C(C)C)cc1. The number of amidine groups is 1. The molecule has 1 aliphatic rings. The zero-order chi connectivity index (χ0) is 22.8. The van der Waals surface area contributed by atoms with Crippen LogP contribution in [0.15, 0.2) is 58.3 Å². The van der Waals surface area contributed by atoms with Gasteiger partial charge in [-0.2, -0.15) is 0 Å². The summed E-state index contributed by atoms with van der Waals surface area (Å²) in [5.41, 5.74) is 8.43. The minimum Gasteiger partial charge on any atom is -0.344 e. The van der Waals surface area contributed by atoms with Crippen LogP contribution in [0.4, 0.5) is 0 Å². The number of nitrogens with zero attached hydrogens (tertiary/aromatic N) is 4. The van der Waals surface area contributed by atoms with Gasteiger partial charge in [0.2, 0.25) is 0 Å². The fourth-order valence-electron chi connectivity index (χ4n) is 4.41. The summed E-state index contributed by atoms with van der Waals surface area (Å²) in [5.74, 6) is 1.62. The standard InChI is InChI=1S/C25H30ClN5O/c1-16(2)22(24-29-21-9-5-4-8-20(21)25(32)31(24)26)30-15-19(7-6-14-27)28-23(30)18-12-10-17(3)11-13-18/h4-5,8-13,16,19,22H,6-7,14-15,27H2,1-3H3/t19-,22+/m0/s1. The molecular weight excluding hydrogens is 422 g/mol.